The smallest absolute Gasteiger partial charge is 0.208 e. The first-order chi connectivity index (χ1) is 8.56. The number of aryl methyl sites for hydroxylation is 2. The number of benzene rings is 1. The number of halogens is 2. The van der Waals surface area contributed by atoms with Gasteiger partial charge >= 0.3 is 0 Å². The lowest BCUT2D eigenvalue weighted by molar-refractivity contribution is 0.448. The van der Waals surface area contributed by atoms with Gasteiger partial charge in [-0.1, -0.05) is 17.7 Å². The molecule has 0 aliphatic rings. The highest BCUT2D eigenvalue weighted by atomic mass is 79.9. The van der Waals surface area contributed by atoms with Gasteiger partial charge in [-0.3, -0.25) is 0 Å². The van der Waals surface area contributed by atoms with Crippen LogP contribution in [0.15, 0.2) is 27.1 Å². The number of hydrogen-bond acceptors (Lipinski definition) is 3. The highest BCUT2D eigenvalue weighted by molar-refractivity contribution is 9.10. The predicted molar refractivity (Wildman–Crippen MR) is 75.7 cm³/mol. The third kappa shape index (κ3) is 3.34. The molecule has 1 aromatic heterocycles. The molecule has 0 radical (unpaired) electrons. The third-order valence-electron chi connectivity index (χ3n) is 2.66. The second kappa shape index (κ2) is 5.87. The molecule has 0 aliphatic heterocycles. The van der Waals surface area contributed by atoms with E-state index in [2.05, 4.69) is 26.2 Å². The monoisotopic (exact) mass is 328 g/mol. The first kappa shape index (κ1) is 13.6. The van der Waals surface area contributed by atoms with E-state index in [0.717, 1.165) is 33.1 Å². The maximum atomic E-state index is 6.03. The Morgan fingerprint density at radius 3 is 2.72 bits per heavy atom. The van der Waals surface area contributed by atoms with E-state index in [-0.39, 0.29) is 0 Å². The highest BCUT2D eigenvalue weighted by Gasteiger charge is 2.05. The maximum Gasteiger partial charge on any atom is 0.208 e. The van der Waals surface area contributed by atoms with Crippen LogP contribution in [0.2, 0.25) is 5.02 Å². The maximum absolute atomic E-state index is 6.03. The molecule has 0 bridgehead atoms. The van der Waals surface area contributed by atoms with Gasteiger partial charge in [-0.2, -0.15) is 0 Å². The predicted octanol–water partition coefficient (Wildman–Crippen LogP) is 4.00. The highest BCUT2D eigenvalue weighted by Crippen LogP contribution is 2.23. The minimum absolute atomic E-state index is 0.613. The van der Waals surface area contributed by atoms with Crippen LogP contribution in [0.3, 0.4) is 0 Å². The zero-order valence-corrected chi connectivity index (χ0v) is 12.6. The molecule has 1 heterocycles. The molecule has 96 valence electrons. The fraction of sp³-hybridized carbons (Fsp3) is 0.308. The molecular weight excluding hydrogens is 316 g/mol. The number of hydrogen-bond donors (Lipinski definition) is 1. The summed E-state index contributed by atoms with van der Waals surface area (Å²) in [5, 5.41) is 3.99. The number of aromatic nitrogens is 1. The van der Waals surface area contributed by atoms with E-state index < -0.39 is 0 Å². The molecule has 1 aromatic carbocycles. The van der Waals surface area contributed by atoms with E-state index in [0.29, 0.717) is 12.4 Å². The fourth-order valence-corrected chi connectivity index (χ4v) is 2.03. The standard InChI is InChI=1S/C13H14BrClN2O/c1-8-9(2)18-13(17-8)7-16-6-10-3-4-11(14)12(15)5-10/h3-5,16H,6-7H2,1-2H3. The minimum atomic E-state index is 0.613. The molecule has 2 rings (SSSR count). The van der Waals surface area contributed by atoms with E-state index in [4.69, 9.17) is 16.0 Å². The minimum Gasteiger partial charge on any atom is -0.444 e. The van der Waals surface area contributed by atoms with Crippen molar-refractivity contribution in [1.29, 1.82) is 0 Å². The Hall–Kier alpha value is -0.840. The van der Waals surface area contributed by atoms with Crippen LogP contribution in [-0.2, 0) is 13.1 Å². The SMILES string of the molecule is Cc1nc(CNCc2ccc(Br)c(Cl)c2)oc1C. The van der Waals surface area contributed by atoms with E-state index in [9.17, 15) is 0 Å². The van der Waals surface area contributed by atoms with Crippen LogP contribution in [0.1, 0.15) is 22.9 Å². The van der Waals surface area contributed by atoms with Gasteiger partial charge in [0.25, 0.3) is 0 Å². The van der Waals surface area contributed by atoms with Crippen molar-refractivity contribution in [2.24, 2.45) is 0 Å². The van der Waals surface area contributed by atoms with Gasteiger partial charge in [0.1, 0.15) is 5.76 Å². The Balaban J connectivity index is 1.90. The molecule has 2 aromatic rings. The van der Waals surface area contributed by atoms with Crippen molar-refractivity contribution in [3.8, 4) is 0 Å². The van der Waals surface area contributed by atoms with Gasteiger partial charge in [-0.25, -0.2) is 4.98 Å². The van der Waals surface area contributed by atoms with Crippen LogP contribution in [0.4, 0.5) is 0 Å². The van der Waals surface area contributed by atoms with Gasteiger partial charge in [0.05, 0.1) is 17.3 Å². The molecule has 1 N–H and O–H groups in total. The summed E-state index contributed by atoms with van der Waals surface area (Å²) in [7, 11) is 0. The molecule has 0 spiro atoms. The number of rotatable bonds is 4. The third-order valence-corrected chi connectivity index (χ3v) is 3.89. The van der Waals surface area contributed by atoms with Crippen LogP contribution in [0.5, 0.6) is 0 Å². The Kier molecular flexibility index (Phi) is 4.43. The summed E-state index contributed by atoms with van der Waals surface area (Å²) in [4.78, 5) is 4.31. The van der Waals surface area contributed by atoms with Gasteiger partial charge in [0, 0.05) is 11.0 Å². The Morgan fingerprint density at radius 2 is 2.11 bits per heavy atom. The Labute approximate surface area is 120 Å². The van der Waals surface area contributed by atoms with Crippen LogP contribution >= 0.6 is 27.5 Å². The van der Waals surface area contributed by atoms with Crippen molar-refractivity contribution < 1.29 is 4.42 Å². The van der Waals surface area contributed by atoms with Crippen LogP contribution < -0.4 is 5.32 Å². The second-order valence-corrected chi connectivity index (χ2v) is 5.36. The van der Waals surface area contributed by atoms with Crippen LogP contribution in [-0.4, -0.2) is 4.98 Å². The van der Waals surface area contributed by atoms with Crippen LogP contribution in [0.25, 0.3) is 0 Å². The zero-order valence-electron chi connectivity index (χ0n) is 10.3. The van der Waals surface area contributed by atoms with Crippen molar-refractivity contribution in [2.75, 3.05) is 0 Å². The first-order valence-electron chi connectivity index (χ1n) is 5.64. The molecule has 3 nitrogen and oxygen atoms in total. The van der Waals surface area contributed by atoms with Crippen molar-refractivity contribution in [2.45, 2.75) is 26.9 Å². The van der Waals surface area contributed by atoms with Crippen LogP contribution in [0, 0.1) is 13.8 Å². The van der Waals surface area contributed by atoms with E-state index in [1.54, 1.807) is 0 Å². The van der Waals surface area contributed by atoms with Crippen molar-refractivity contribution in [3.63, 3.8) is 0 Å². The summed E-state index contributed by atoms with van der Waals surface area (Å²) in [6, 6.07) is 5.90. The van der Waals surface area contributed by atoms with E-state index in [1.165, 1.54) is 0 Å². The van der Waals surface area contributed by atoms with Gasteiger partial charge in [0.15, 0.2) is 0 Å². The molecule has 0 saturated carbocycles. The average Bonchev–Trinajstić information content (AvgIpc) is 2.63. The lowest BCUT2D eigenvalue weighted by Crippen LogP contribution is -2.12. The second-order valence-electron chi connectivity index (χ2n) is 4.10. The molecule has 5 heteroatoms. The lowest BCUT2D eigenvalue weighted by Gasteiger charge is -2.04. The topological polar surface area (TPSA) is 38.1 Å². The van der Waals surface area contributed by atoms with E-state index in [1.807, 2.05) is 32.0 Å². The zero-order chi connectivity index (χ0) is 13.1. The molecule has 18 heavy (non-hydrogen) atoms. The molecule has 0 aliphatic carbocycles. The summed E-state index contributed by atoms with van der Waals surface area (Å²) < 4.78 is 6.40. The Bertz CT molecular complexity index is 534. The normalized spacial score (nSPS) is 10.9. The van der Waals surface area contributed by atoms with Gasteiger partial charge in [-0.05, 0) is 47.5 Å². The molecule has 0 unspecified atom stereocenters. The average molecular weight is 330 g/mol. The molecule has 0 fully saturated rings. The van der Waals surface area contributed by atoms with Crippen molar-refractivity contribution in [1.82, 2.24) is 10.3 Å². The fourth-order valence-electron chi connectivity index (χ4n) is 1.58. The quantitative estimate of drug-likeness (QED) is 0.921. The number of nitrogens with one attached hydrogen (secondary N) is 1. The van der Waals surface area contributed by atoms with Gasteiger partial charge in [-0.15, -0.1) is 0 Å². The summed E-state index contributed by atoms with van der Waals surface area (Å²) in [6.07, 6.45) is 0. The molecular formula is C13H14BrClN2O. The lowest BCUT2D eigenvalue weighted by atomic mass is 10.2. The first-order valence-corrected chi connectivity index (χ1v) is 6.81. The summed E-state index contributed by atoms with van der Waals surface area (Å²) >= 11 is 9.40. The molecule has 0 atom stereocenters. The van der Waals surface area contributed by atoms with Crippen molar-refractivity contribution in [3.05, 3.63) is 50.6 Å². The summed E-state index contributed by atoms with van der Waals surface area (Å²) in [6.45, 7) is 5.20. The number of oxazole rings is 1. The van der Waals surface area contributed by atoms with Crippen molar-refractivity contribution >= 4 is 27.5 Å². The van der Waals surface area contributed by atoms with Gasteiger partial charge in [0.2, 0.25) is 5.89 Å². The number of nitrogens with zero attached hydrogens (tertiary/aromatic N) is 1. The molecule has 0 saturated heterocycles. The summed E-state index contributed by atoms with van der Waals surface area (Å²) in [5.41, 5.74) is 2.07. The molecule has 0 amide bonds. The summed E-state index contributed by atoms with van der Waals surface area (Å²) in [5.74, 6) is 1.59. The van der Waals surface area contributed by atoms with Gasteiger partial charge < -0.3 is 9.73 Å². The largest absolute Gasteiger partial charge is 0.444 e. The van der Waals surface area contributed by atoms with E-state index >= 15 is 0 Å². The Morgan fingerprint density at radius 1 is 1.33 bits per heavy atom.